The second-order valence-corrected chi connectivity index (χ2v) is 3.52. The molecule has 78 valence electrons. The zero-order chi connectivity index (χ0) is 11.2. The highest BCUT2D eigenvalue weighted by Gasteiger charge is 2.11. The van der Waals surface area contributed by atoms with Crippen molar-refractivity contribution in [3.63, 3.8) is 0 Å². The lowest BCUT2D eigenvalue weighted by molar-refractivity contribution is 0.436. The van der Waals surface area contributed by atoms with Gasteiger partial charge in [-0.1, -0.05) is 0 Å². The highest BCUT2D eigenvalue weighted by atomic mass is 19.1. The molecule has 0 aliphatic rings. The predicted molar refractivity (Wildman–Crippen MR) is 55.5 cm³/mol. The van der Waals surface area contributed by atoms with E-state index in [9.17, 15) is 14.3 Å². The quantitative estimate of drug-likeness (QED) is 0.714. The van der Waals surface area contributed by atoms with Crippen LogP contribution in [-0.2, 0) is 7.05 Å². The maximum Gasteiger partial charge on any atom is 0.251 e. The highest BCUT2D eigenvalue weighted by Crippen LogP contribution is 2.27. The lowest BCUT2D eigenvalue weighted by atomic mass is 10.1. The van der Waals surface area contributed by atoms with Gasteiger partial charge in [-0.05, 0) is 24.6 Å². The fourth-order valence-corrected chi connectivity index (χ4v) is 1.68. The summed E-state index contributed by atoms with van der Waals surface area (Å²) in [6, 6.07) is 4.20. The second-order valence-electron chi connectivity index (χ2n) is 3.52. The summed E-state index contributed by atoms with van der Waals surface area (Å²) in [4.78, 5) is 11.4. The van der Waals surface area contributed by atoms with Crippen LogP contribution in [0.2, 0.25) is 0 Å². The van der Waals surface area contributed by atoms with E-state index in [1.54, 1.807) is 13.0 Å². The molecule has 0 bridgehead atoms. The Morgan fingerprint density at radius 1 is 1.40 bits per heavy atom. The van der Waals surface area contributed by atoms with Gasteiger partial charge in [0.05, 0.1) is 5.52 Å². The molecule has 0 unspecified atom stereocenters. The van der Waals surface area contributed by atoms with Gasteiger partial charge in [-0.2, -0.15) is 0 Å². The fraction of sp³-hybridized carbons (Fsp3) is 0.182. The molecule has 0 fully saturated rings. The summed E-state index contributed by atoms with van der Waals surface area (Å²) in [5.41, 5.74) is 0.698. The maximum absolute atomic E-state index is 13.1. The lowest BCUT2D eigenvalue weighted by Crippen LogP contribution is -2.16. The standard InChI is InChI=1S/C11H10FNO2/c1-6-5-9(14)13(2)10-7(6)3-4-8(12)11(10)15/h3-5,15H,1-2H3. The molecule has 0 amide bonds. The zero-order valence-corrected chi connectivity index (χ0v) is 8.41. The van der Waals surface area contributed by atoms with Gasteiger partial charge < -0.3 is 9.67 Å². The van der Waals surface area contributed by atoms with Crippen LogP contribution in [0.15, 0.2) is 23.0 Å². The number of halogens is 1. The Labute approximate surface area is 85.4 Å². The van der Waals surface area contributed by atoms with E-state index in [1.807, 2.05) is 0 Å². The smallest absolute Gasteiger partial charge is 0.251 e. The molecule has 0 spiro atoms. The number of fused-ring (bicyclic) bond motifs is 1. The molecule has 3 nitrogen and oxygen atoms in total. The molecule has 0 radical (unpaired) electrons. The van der Waals surface area contributed by atoms with Gasteiger partial charge in [0, 0.05) is 18.5 Å². The lowest BCUT2D eigenvalue weighted by Gasteiger charge is -2.09. The molecular formula is C11H10FNO2. The molecule has 0 aliphatic carbocycles. The molecule has 1 N–H and O–H groups in total. The van der Waals surface area contributed by atoms with Crippen LogP contribution in [0.1, 0.15) is 5.56 Å². The average Bonchev–Trinajstić information content (AvgIpc) is 2.19. The van der Waals surface area contributed by atoms with Crippen molar-refractivity contribution < 1.29 is 9.50 Å². The maximum atomic E-state index is 13.1. The summed E-state index contributed by atoms with van der Waals surface area (Å²) in [5, 5.41) is 10.2. The molecule has 2 aromatic rings. The first-order valence-corrected chi connectivity index (χ1v) is 4.50. The first-order valence-electron chi connectivity index (χ1n) is 4.50. The molecule has 0 saturated heterocycles. The van der Waals surface area contributed by atoms with E-state index in [-0.39, 0.29) is 11.1 Å². The van der Waals surface area contributed by atoms with Gasteiger partial charge in [0.15, 0.2) is 11.6 Å². The summed E-state index contributed by atoms with van der Waals surface area (Å²) >= 11 is 0. The Kier molecular flexibility index (Phi) is 2.00. The van der Waals surface area contributed by atoms with Crippen LogP contribution in [-0.4, -0.2) is 9.67 Å². The molecule has 1 heterocycles. The number of pyridine rings is 1. The first-order chi connectivity index (χ1) is 7.02. The topological polar surface area (TPSA) is 42.2 Å². The Morgan fingerprint density at radius 3 is 2.73 bits per heavy atom. The van der Waals surface area contributed by atoms with Crippen LogP contribution in [0.4, 0.5) is 4.39 Å². The van der Waals surface area contributed by atoms with Crippen molar-refractivity contribution >= 4 is 10.9 Å². The van der Waals surface area contributed by atoms with Crippen molar-refractivity contribution in [1.29, 1.82) is 0 Å². The normalized spacial score (nSPS) is 10.9. The van der Waals surface area contributed by atoms with Crippen LogP contribution in [0.3, 0.4) is 0 Å². The largest absolute Gasteiger partial charge is 0.503 e. The minimum Gasteiger partial charge on any atom is -0.503 e. The van der Waals surface area contributed by atoms with Gasteiger partial charge in [0.25, 0.3) is 5.56 Å². The zero-order valence-electron chi connectivity index (χ0n) is 8.41. The Bertz CT molecular complexity index is 602. The number of phenols is 1. The summed E-state index contributed by atoms with van der Waals surface area (Å²) in [7, 11) is 1.50. The number of nitrogens with zero attached hydrogens (tertiary/aromatic N) is 1. The van der Waals surface area contributed by atoms with Crippen molar-refractivity contribution in [2.24, 2.45) is 7.05 Å². The van der Waals surface area contributed by atoms with Crippen molar-refractivity contribution in [2.75, 3.05) is 0 Å². The minimum absolute atomic E-state index is 0.236. The predicted octanol–water partition coefficient (Wildman–Crippen LogP) is 1.69. The third-order valence-electron chi connectivity index (χ3n) is 2.53. The Hall–Kier alpha value is -1.84. The first kappa shape index (κ1) is 9.71. The van der Waals surface area contributed by atoms with Crippen molar-refractivity contribution in [3.8, 4) is 5.75 Å². The van der Waals surface area contributed by atoms with E-state index in [4.69, 9.17) is 0 Å². The van der Waals surface area contributed by atoms with Crippen molar-refractivity contribution in [3.05, 3.63) is 39.9 Å². The molecule has 1 aromatic heterocycles. The van der Waals surface area contributed by atoms with Gasteiger partial charge in [-0.15, -0.1) is 0 Å². The molecule has 0 aliphatic heterocycles. The van der Waals surface area contributed by atoms with Crippen molar-refractivity contribution in [1.82, 2.24) is 4.57 Å². The molecule has 15 heavy (non-hydrogen) atoms. The average molecular weight is 207 g/mol. The van der Waals surface area contributed by atoms with Gasteiger partial charge in [0.2, 0.25) is 0 Å². The van der Waals surface area contributed by atoms with Gasteiger partial charge >= 0.3 is 0 Å². The molecule has 0 atom stereocenters. The van der Waals surface area contributed by atoms with Gasteiger partial charge in [-0.25, -0.2) is 4.39 Å². The molecule has 4 heteroatoms. The third kappa shape index (κ3) is 1.29. The number of benzene rings is 1. The Balaban J connectivity index is 3.11. The van der Waals surface area contributed by atoms with E-state index in [1.165, 1.54) is 23.7 Å². The van der Waals surface area contributed by atoms with E-state index in [0.29, 0.717) is 5.39 Å². The summed E-state index contributed by atoms with van der Waals surface area (Å²) in [5.74, 6) is -1.20. The van der Waals surface area contributed by atoms with Crippen LogP contribution < -0.4 is 5.56 Å². The van der Waals surface area contributed by atoms with Crippen LogP contribution >= 0.6 is 0 Å². The second kappa shape index (κ2) is 3.08. The van der Waals surface area contributed by atoms with Gasteiger partial charge in [-0.3, -0.25) is 4.79 Å². The van der Waals surface area contributed by atoms with Crippen LogP contribution in [0, 0.1) is 12.7 Å². The summed E-state index contributed by atoms with van der Waals surface area (Å²) in [6.07, 6.45) is 0. The number of aromatic hydroxyl groups is 1. The van der Waals surface area contributed by atoms with Gasteiger partial charge in [0.1, 0.15) is 0 Å². The Morgan fingerprint density at radius 2 is 2.07 bits per heavy atom. The van der Waals surface area contributed by atoms with Crippen molar-refractivity contribution in [2.45, 2.75) is 6.92 Å². The van der Waals surface area contributed by atoms with E-state index in [2.05, 4.69) is 0 Å². The SMILES string of the molecule is Cc1cc(=O)n(C)c2c(O)c(F)ccc12. The molecule has 2 rings (SSSR count). The summed E-state index contributed by atoms with van der Waals surface area (Å²) in [6.45, 7) is 1.75. The number of aromatic nitrogens is 1. The molecular weight excluding hydrogens is 197 g/mol. The fourth-order valence-electron chi connectivity index (χ4n) is 1.68. The number of rotatable bonds is 0. The molecule has 1 aromatic carbocycles. The van der Waals surface area contributed by atoms with Crippen LogP contribution in [0.25, 0.3) is 10.9 Å². The number of phenolic OH excluding ortho intramolecular Hbond substituents is 1. The number of hydrogen-bond acceptors (Lipinski definition) is 2. The number of aryl methyl sites for hydroxylation is 2. The van der Waals surface area contributed by atoms with Crippen LogP contribution in [0.5, 0.6) is 5.75 Å². The molecule has 0 saturated carbocycles. The number of hydrogen-bond donors (Lipinski definition) is 1. The van der Waals surface area contributed by atoms with E-state index in [0.717, 1.165) is 5.56 Å². The summed E-state index contributed by atoms with van der Waals surface area (Å²) < 4.78 is 14.4. The monoisotopic (exact) mass is 207 g/mol. The van der Waals surface area contributed by atoms with E-state index < -0.39 is 11.6 Å². The highest BCUT2D eigenvalue weighted by molar-refractivity contribution is 5.87. The van der Waals surface area contributed by atoms with E-state index >= 15 is 0 Å². The minimum atomic E-state index is -0.719. The third-order valence-corrected chi connectivity index (χ3v) is 2.53.